The number of nitrogens with zero attached hydrogens (tertiary/aromatic N) is 7. The van der Waals surface area contributed by atoms with E-state index in [1.165, 1.54) is 10.9 Å². The number of aromatic nitrogens is 8. The maximum atomic E-state index is 16.0. The number of phosphoric acid groups is 1. The molecule has 0 amide bonds. The van der Waals surface area contributed by atoms with Crippen LogP contribution in [0.25, 0.3) is 22.3 Å². The topological polar surface area (TPSA) is 309 Å². The van der Waals surface area contributed by atoms with Gasteiger partial charge in [0.1, 0.15) is 48.7 Å². The van der Waals surface area contributed by atoms with E-state index in [2.05, 4.69) is 29.9 Å². The van der Waals surface area contributed by atoms with Crippen molar-refractivity contribution in [3.05, 3.63) is 29.3 Å². The molecule has 8 N–H and O–H groups in total. The Morgan fingerprint density at radius 2 is 1.63 bits per heavy atom. The lowest BCUT2D eigenvalue weighted by Crippen LogP contribution is -2.37. The second-order valence-corrected chi connectivity index (χ2v) is 13.6. The molecule has 4 aromatic heterocycles. The SMILES string of the molecule is Nc1nc2c(ncn2[C@@H]2O[C@@H]3COP(=O)(O)CO[C@H]4C(O)[C@@H](COP(=O)(O)OC3[C@@H]2F)O[C@H]4n2cnc3c(N)ncnc32)c(=O)[nH]1. The first-order valence-electron chi connectivity index (χ1n) is 13.3. The summed E-state index contributed by atoms with van der Waals surface area (Å²) >= 11 is 0. The summed E-state index contributed by atoms with van der Waals surface area (Å²) in [6.45, 7) is -1.63. The van der Waals surface area contributed by atoms with Crippen molar-refractivity contribution in [3.63, 3.8) is 0 Å². The van der Waals surface area contributed by atoms with Gasteiger partial charge in [-0.25, -0.2) is 28.9 Å². The van der Waals surface area contributed by atoms with Crippen molar-refractivity contribution in [1.29, 1.82) is 0 Å². The molecule has 46 heavy (non-hydrogen) atoms. The maximum absolute atomic E-state index is 16.0. The summed E-state index contributed by atoms with van der Waals surface area (Å²) in [5.74, 6) is -0.263. The van der Waals surface area contributed by atoms with Gasteiger partial charge in [0.25, 0.3) is 5.56 Å². The van der Waals surface area contributed by atoms with E-state index in [0.717, 1.165) is 17.2 Å². The lowest BCUT2D eigenvalue weighted by atomic mass is 10.1. The van der Waals surface area contributed by atoms with Crippen molar-refractivity contribution in [2.24, 2.45) is 0 Å². The fraction of sp³-hybridized carbons (Fsp3) is 0.524. The van der Waals surface area contributed by atoms with Gasteiger partial charge in [-0.2, -0.15) is 4.98 Å². The standard InChI is InChI=1S/C21H25FN10O12P2/c22-9-13-8(43-19(9)32-5-28-11-17(32)29-21(24)30-18(11)34)2-40-45(35,36)6-39-14-12(33)7(1-41-46(37,38)44-13)42-20(14)31-4-27-10-15(23)25-3-26-16(10)31/h3-5,7-9,12-14,19-20,33H,1-2,6H2,(H,35,36)(H,37,38)(H2,23,25,26)(H3,24,29,30,34)/t7-,8-,9+,12?,13?,14+,19-,20-/m1/s1. The van der Waals surface area contributed by atoms with Gasteiger partial charge in [-0.15, -0.1) is 0 Å². The number of hydrogen-bond acceptors (Lipinski definition) is 17. The molecule has 3 aliphatic rings. The van der Waals surface area contributed by atoms with Crippen LogP contribution in [0.4, 0.5) is 16.2 Å². The molecule has 3 fully saturated rings. The summed E-state index contributed by atoms with van der Waals surface area (Å²) < 4.78 is 77.0. The highest BCUT2D eigenvalue weighted by Gasteiger charge is 2.53. The Hall–Kier alpha value is -3.47. The van der Waals surface area contributed by atoms with Crippen molar-refractivity contribution in [2.75, 3.05) is 31.0 Å². The fourth-order valence-corrected chi connectivity index (χ4v) is 7.15. The van der Waals surface area contributed by atoms with Crippen molar-refractivity contribution >= 4 is 49.5 Å². The number of H-pyrrole nitrogens is 1. The molecule has 4 aromatic rings. The lowest BCUT2D eigenvalue weighted by molar-refractivity contribution is -0.0640. The largest absolute Gasteiger partial charge is 0.472 e. The number of alkyl halides is 1. The van der Waals surface area contributed by atoms with Gasteiger partial charge in [0.05, 0.1) is 25.9 Å². The minimum Gasteiger partial charge on any atom is -0.387 e. The van der Waals surface area contributed by atoms with Gasteiger partial charge in [-0.3, -0.25) is 32.5 Å². The predicted molar refractivity (Wildman–Crippen MR) is 147 cm³/mol. The second kappa shape index (κ2) is 11.3. The molecule has 7 heterocycles. The van der Waals surface area contributed by atoms with Crippen LogP contribution in [0.5, 0.6) is 0 Å². The molecule has 0 aliphatic carbocycles. The van der Waals surface area contributed by atoms with E-state index >= 15 is 4.39 Å². The quantitative estimate of drug-likeness (QED) is 0.133. The first-order valence-corrected chi connectivity index (χ1v) is 16.6. The molecule has 25 heteroatoms. The highest BCUT2D eigenvalue weighted by Crippen LogP contribution is 2.52. The number of hydrogen-bond donors (Lipinski definition) is 6. The van der Waals surface area contributed by atoms with Crippen LogP contribution < -0.4 is 17.0 Å². The number of anilines is 2. The Kier molecular flexibility index (Phi) is 7.68. The monoisotopic (exact) mass is 690 g/mol. The number of fused-ring (bicyclic) bond motifs is 5. The van der Waals surface area contributed by atoms with Gasteiger partial charge >= 0.3 is 15.4 Å². The Morgan fingerprint density at radius 3 is 2.41 bits per heavy atom. The van der Waals surface area contributed by atoms with Crippen LogP contribution in [0.1, 0.15) is 12.5 Å². The Morgan fingerprint density at radius 1 is 0.935 bits per heavy atom. The summed E-state index contributed by atoms with van der Waals surface area (Å²) in [7, 11) is -9.85. The molecule has 0 saturated carbocycles. The molecule has 248 valence electrons. The molecular weight excluding hydrogens is 665 g/mol. The Balaban J connectivity index is 1.18. The van der Waals surface area contributed by atoms with Crippen molar-refractivity contribution in [2.45, 2.75) is 49.1 Å². The average molecular weight is 690 g/mol. The van der Waals surface area contributed by atoms with Crippen LogP contribution in [-0.2, 0) is 36.9 Å². The van der Waals surface area contributed by atoms with Crippen LogP contribution in [-0.4, -0.2) is 110 Å². The van der Waals surface area contributed by atoms with Crippen molar-refractivity contribution in [1.82, 2.24) is 39.0 Å². The number of halogens is 1. The van der Waals surface area contributed by atoms with Gasteiger partial charge in [0, 0.05) is 0 Å². The number of rotatable bonds is 2. The fourth-order valence-electron chi connectivity index (χ4n) is 5.38. The lowest BCUT2D eigenvalue weighted by Gasteiger charge is -2.26. The van der Waals surface area contributed by atoms with E-state index in [1.54, 1.807) is 0 Å². The highest BCUT2D eigenvalue weighted by molar-refractivity contribution is 7.52. The van der Waals surface area contributed by atoms with Crippen LogP contribution in [0.15, 0.2) is 23.8 Å². The molecule has 3 saturated heterocycles. The van der Waals surface area contributed by atoms with Gasteiger partial charge in [0.2, 0.25) is 5.95 Å². The first-order chi connectivity index (χ1) is 21.8. The number of nitrogens with one attached hydrogen (secondary N) is 1. The minimum absolute atomic E-state index is 0.0427. The van der Waals surface area contributed by atoms with Gasteiger partial charge in [0.15, 0.2) is 41.3 Å². The third kappa shape index (κ3) is 5.48. The maximum Gasteiger partial charge on any atom is 0.472 e. The number of aliphatic hydroxyl groups is 1. The molecule has 0 radical (unpaired) electrons. The van der Waals surface area contributed by atoms with Crippen molar-refractivity contribution < 1.29 is 56.2 Å². The van der Waals surface area contributed by atoms with E-state index < -0.39 is 89.7 Å². The molecule has 4 unspecified atom stereocenters. The average Bonchev–Trinajstić information content (AvgIpc) is 3.75. The van der Waals surface area contributed by atoms with E-state index in [-0.39, 0.29) is 34.1 Å². The van der Waals surface area contributed by atoms with Gasteiger partial charge in [-0.05, 0) is 0 Å². The van der Waals surface area contributed by atoms with E-state index in [4.69, 9.17) is 39.2 Å². The molecule has 0 spiro atoms. The summed E-state index contributed by atoms with van der Waals surface area (Å²) in [6, 6.07) is 0. The van der Waals surface area contributed by atoms with Crippen LogP contribution in [0, 0.1) is 0 Å². The summed E-state index contributed by atoms with van der Waals surface area (Å²) in [5, 5.41) is 11.0. The summed E-state index contributed by atoms with van der Waals surface area (Å²) in [4.78, 5) is 55.6. The summed E-state index contributed by atoms with van der Waals surface area (Å²) in [5.41, 5.74) is 10.7. The Bertz CT molecular complexity index is 1960. The smallest absolute Gasteiger partial charge is 0.387 e. The zero-order valence-electron chi connectivity index (χ0n) is 23.0. The number of imidazole rings is 2. The Labute approximate surface area is 254 Å². The van der Waals surface area contributed by atoms with E-state index in [1.807, 2.05) is 0 Å². The molecule has 2 bridgehead atoms. The number of nitrogens with two attached hydrogens (primary N) is 2. The summed E-state index contributed by atoms with van der Waals surface area (Å²) in [6.07, 6.45) is -10.6. The van der Waals surface area contributed by atoms with E-state index in [0.29, 0.717) is 0 Å². The zero-order valence-corrected chi connectivity index (χ0v) is 24.8. The minimum atomic E-state index is -5.16. The van der Waals surface area contributed by atoms with E-state index in [9.17, 15) is 28.8 Å². The van der Waals surface area contributed by atoms with Crippen LogP contribution in [0.3, 0.4) is 0 Å². The number of phosphoric ester groups is 1. The third-order valence-corrected chi connectivity index (χ3v) is 9.51. The normalized spacial score (nSPS) is 37.4. The molecule has 3 aliphatic heterocycles. The van der Waals surface area contributed by atoms with Gasteiger partial charge < -0.3 is 45.1 Å². The first kappa shape index (κ1) is 31.1. The van der Waals surface area contributed by atoms with Crippen LogP contribution >= 0.6 is 15.4 Å². The number of aliphatic hydroxyl groups excluding tert-OH is 1. The number of ether oxygens (including phenoxy) is 3. The molecular formula is C21H25FN10O12P2. The molecule has 0 aromatic carbocycles. The van der Waals surface area contributed by atoms with Crippen molar-refractivity contribution in [3.8, 4) is 0 Å². The highest BCUT2D eigenvalue weighted by atomic mass is 31.2. The van der Waals surface area contributed by atoms with Gasteiger partial charge in [-0.1, -0.05) is 0 Å². The number of nitrogen functional groups attached to an aromatic ring is 2. The third-order valence-electron chi connectivity index (χ3n) is 7.49. The predicted octanol–water partition coefficient (Wildman–Crippen LogP) is -1.32. The van der Waals surface area contributed by atoms with Crippen LogP contribution in [0.2, 0.25) is 0 Å². The number of aromatic amines is 1. The molecule has 22 nitrogen and oxygen atoms in total. The molecule has 10 atom stereocenters. The zero-order chi connectivity index (χ0) is 32.5. The molecule has 7 rings (SSSR count). The second-order valence-electron chi connectivity index (χ2n) is 10.5.